The number of fused-ring (bicyclic) bond motifs is 1. The first kappa shape index (κ1) is 21.7. The molecule has 6 nitrogen and oxygen atoms in total. The number of carbonyl (C=O) groups is 3. The predicted octanol–water partition coefficient (Wildman–Crippen LogP) is 3.52. The summed E-state index contributed by atoms with van der Waals surface area (Å²) in [5, 5.41) is 4.90. The third kappa shape index (κ3) is 4.72. The Morgan fingerprint density at radius 3 is 2.74 bits per heavy atom. The minimum atomic E-state index is -0.665. The van der Waals surface area contributed by atoms with Gasteiger partial charge < -0.3 is 15.0 Å². The maximum atomic E-state index is 13.4. The SMILES string of the molecule is CC(C)CC(NC(=O)c1cc(-c2ccccc2)cs1)C(=O)N1CCCC2OCC(=O)C21. The molecule has 2 fully saturated rings. The molecule has 31 heavy (non-hydrogen) atoms. The van der Waals surface area contributed by atoms with Gasteiger partial charge in [0.15, 0.2) is 5.78 Å². The molecular formula is C24H28N2O4S. The van der Waals surface area contributed by atoms with E-state index in [1.54, 1.807) is 4.90 Å². The molecule has 7 heteroatoms. The van der Waals surface area contributed by atoms with E-state index in [0.29, 0.717) is 17.8 Å². The second-order valence-electron chi connectivity index (χ2n) is 8.66. The highest BCUT2D eigenvalue weighted by molar-refractivity contribution is 7.12. The Hall–Kier alpha value is -2.51. The number of thiophene rings is 1. The van der Waals surface area contributed by atoms with E-state index in [1.807, 2.05) is 55.6 Å². The van der Waals surface area contributed by atoms with Crippen molar-refractivity contribution in [3.63, 3.8) is 0 Å². The predicted molar refractivity (Wildman–Crippen MR) is 120 cm³/mol. The fraction of sp³-hybridized carbons (Fsp3) is 0.458. The van der Waals surface area contributed by atoms with Crippen LogP contribution in [0.4, 0.5) is 0 Å². The van der Waals surface area contributed by atoms with Gasteiger partial charge >= 0.3 is 0 Å². The molecule has 0 bridgehead atoms. The molecule has 0 aliphatic carbocycles. The molecule has 4 rings (SSSR count). The second kappa shape index (κ2) is 9.32. The van der Waals surface area contributed by atoms with Crippen LogP contribution in [0.15, 0.2) is 41.8 Å². The average Bonchev–Trinajstić information content (AvgIpc) is 3.41. The van der Waals surface area contributed by atoms with E-state index >= 15 is 0 Å². The second-order valence-corrected chi connectivity index (χ2v) is 9.57. The quantitative estimate of drug-likeness (QED) is 0.746. The first-order valence-electron chi connectivity index (χ1n) is 10.8. The van der Waals surface area contributed by atoms with Crippen molar-refractivity contribution in [2.75, 3.05) is 13.2 Å². The summed E-state index contributed by atoms with van der Waals surface area (Å²) in [7, 11) is 0. The Kier molecular flexibility index (Phi) is 6.53. The van der Waals surface area contributed by atoms with E-state index < -0.39 is 12.1 Å². The van der Waals surface area contributed by atoms with Gasteiger partial charge in [0.25, 0.3) is 5.91 Å². The van der Waals surface area contributed by atoms with Crippen LogP contribution in [0.3, 0.4) is 0 Å². The number of carbonyl (C=O) groups excluding carboxylic acids is 3. The topological polar surface area (TPSA) is 75.7 Å². The largest absolute Gasteiger partial charge is 0.368 e. The summed E-state index contributed by atoms with van der Waals surface area (Å²) in [6.45, 7) is 4.64. The number of amides is 2. The van der Waals surface area contributed by atoms with Crippen molar-refractivity contribution in [1.29, 1.82) is 0 Å². The van der Waals surface area contributed by atoms with Crippen LogP contribution in [-0.4, -0.2) is 53.8 Å². The number of nitrogens with zero attached hydrogens (tertiary/aromatic N) is 1. The van der Waals surface area contributed by atoms with Crippen molar-refractivity contribution >= 4 is 28.9 Å². The number of rotatable bonds is 6. The molecular weight excluding hydrogens is 412 g/mol. The van der Waals surface area contributed by atoms with Gasteiger partial charge in [0.1, 0.15) is 18.7 Å². The summed E-state index contributed by atoms with van der Waals surface area (Å²) >= 11 is 1.37. The van der Waals surface area contributed by atoms with Crippen molar-refractivity contribution in [1.82, 2.24) is 10.2 Å². The molecule has 2 aromatic rings. The normalized spacial score (nSPS) is 21.8. The number of ether oxygens (including phenoxy) is 1. The minimum absolute atomic E-state index is 0.0431. The van der Waals surface area contributed by atoms with Crippen LogP contribution < -0.4 is 5.32 Å². The Balaban J connectivity index is 1.50. The van der Waals surface area contributed by atoms with Gasteiger partial charge in [0.05, 0.1) is 11.0 Å². The number of piperidine rings is 1. The number of Topliss-reactive ketones (excluding diaryl/α,β-unsaturated/α-hetero) is 1. The van der Waals surface area contributed by atoms with Crippen LogP contribution in [0.5, 0.6) is 0 Å². The number of nitrogens with one attached hydrogen (secondary N) is 1. The van der Waals surface area contributed by atoms with Crippen LogP contribution >= 0.6 is 11.3 Å². The van der Waals surface area contributed by atoms with Gasteiger partial charge in [-0.3, -0.25) is 14.4 Å². The molecule has 2 amide bonds. The summed E-state index contributed by atoms with van der Waals surface area (Å²) in [5.74, 6) is -0.267. The van der Waals surface area contributed by atoms with Crippen molar-refractivity contribution in [3.05, 3.63) is 46.7 Å². The highest BCUT2D eigenvalue weighted by atomic mass is 32.1. The number of likely N-dealkylation sites (tertiary alicyclic amines) is 1. The number of ketones is 1. The minimum Gasteiger partial charge on any atom is -0.368 e. The van der Waals surface area contributed by atoms with Gasteiger partial charge in [-0.15, -0.1) is 11.3 Å². The zero-order chi connectivity index (χ0) is 22.0. The van der Waals surface area contributed by atoms with Crippen LogP contribution in [0, 0.1) is 5.92 Å². The Labute approximate surface area is 186 Å². The Morgan fingerprint density at radius 2 is 2.00 bits per heavy atom. The lowest BCUT2D eigenvalue weighted by molar-refractivity contribution is -0.142. The zero-order valence-corrected chi connectivity index (χ0v) is 18.7. The van der Waals surface area contributed by atoms with Gasteiger partial charge in [-0.1, -0.05) is 44.2 Å². The molecule has 0 saturated carbocycles. The summed E-state index contributed by atoms with van der Waals surface area (Å²) in [4.78, 5) is 41.0. The lowest BCUT2D eigenvalue weighted by Gasteiger charge is -2.37. The smallest absolute Gasteiger partial charge is 0.262 e. The zero-order valence-electron chi connectivity index (χ0n) is 17.9. The fourth-order valence-electron chi connectivity index (χ4n) is 4.40. The van der Waals surface area contributed by atoms with Crippen molar-refractivity contribution < 1.29 is 19.1 Å². The number of hydrogen-bond acceptors (Lipinski definition) is 5. The first-order valence-corrected chi connectivity index (χ1v) is 11.7. The highest BCUT2D eigenvalue weighted by Crippen LogP contribution is 2.28. The Morgan fingerprint density at radius 1 is 1.23 bits per heavy atom. The molecule has 3 unspecified atom stereocenters. The lowest BCUT2D eigenvalue weighted by Crippen LogP contribution is -2.58. The van der Waals surface area contributed by atoms with Gasteiger partial charge in [-0.05, 0) is 47.8 Å². The third-order valence-electron chi connectivity index (χ3n) is 5.87. The molecule has 3 heterocycles. The van der Waals surface area contributed by atoms with Gasteiger partial charge in [-0.25, -0.2) is 0 Å². The molecule has 2 aliphatic rings. The number of benzene rings is 1. The molecule has 0 spiro atoms. The van der Waals surface area contributed by atoms with E-state index in [9.17, 15) is 14.4 Å². The average molecular weight is 441 g/mol. The monoisotopic (exact) mass is 440 g/mol. The van der Waals surface area contributed by atoms with Crippen LogP contribution in [-0.2, 0) is 14.3 Å². The highest BCUT2D eigenvalue weighted by Gasteiger charge is 2.45. The maximum Gasteiger partial charge on any atom is 0.262 e. The van der Waals surface area contributed by atoms with E-state index in [2.05, 4.69) is 5.32 Å². The van der Waals surface area contributed by atoms with Crippen molar-refractivity contribution in [2.24, 2.45) is 5.92 Å². The van der Waals surface area contributed by atoms with Crippen LogP contribution in [0.25, 0.3) is 11.1 Å². The molecule has 2 aliphatic heterocycles. The summed E-state index contributed by atoms with van der Waals surface area (Å²) in [6.07, 6.45) is 1.89. The molecule has 1 aromatic heterocycles. The van der Waals surface area contributed by atoms with Crippen molar-refractivity contribution in [2.45, 2.75) is 51.3 Å². The summed E-state index contributed by atoms with van der Waals surface area (Å²) in [6, 6.07) is 10.6. The summed E-state index contributed by atoms with van der Waals surface area (Å²) in [5.41, 5.74) is 2.03. The van der Waals surface area contributed by atoms with Gasteiger partial charge in [0, 0.05) is 6.54 Å². The standard InChI is InChI=1S/C24H28N2O4S/c1-15(2)11-18(24(29)26-10-6-9-20-22(26)19(27)13-30-20)25-23(28)21-12-17(14-31-21)16-7-4-3-5-8-16/h3-5,7-8,12,14-15,18,20,22H,6,9-11,13H2,1-2H3,(H,25,28). The fourth-order valence-corrected chi connectivity index (χ4v) is 5.22. The van der Waals surface area contributed by atoms with Crippen LogP contribution in [0.1, 0.15) is 42.8 Å². The number of hydrogen-bond donors (Lipinski definition) is 1. The van der Waals surface area contributed by atoms with Crippen molar-refractivity contribution in [3.8, 4) is 11.1 Å². The first-order chi connectivity index (χ1) is 14.9. The van der Waals surface area contributed by atoms with Gasteiger partial charge in [0.2, 0.25) is 5.91 Å². The lowest BCUT2D eigenvalue weighted by atomic mass is 9.95. The van der Waals surface area contributed by atoms with E-state index in [4.69, 9.17) is 4.74 Å². The van der Waals surface area contributed by atoms with E-state index in [1.165, 1.54) is 11.3 Å². The molecule has 1 N–H and O–H groups in total. The maximum absolute atomic E-state index is 13.4. The van der Waals surface area contributed by atoms with E-state index in [-0.39, 0.29) is 36.2 Å². The molecule has 164 valence electrons. The van der Waals surface area contributed by atoms with Crippen LogP contribution in [0.2, 0.25) is 0 Å². The third-order valence-corrected chi connectivity index (χ3v) is 6.80. The van der Waals surface area contributed by atoms with Gasteiger partial charge in [-0.2, -0.15) is 0 Å². The molecule has 1 aromatic carbocycles. The van der Waals surface area contributed by atoms with E-state index in [0.717, 1.165) is 24.0 Å². The summed E-state index contributed by atoms with van der Waals surface area (Å²) < 4.78 is 5.58. The Bertz CT molecular complexity index is 955. The molecule has 0 radical (unpaired) electrons. The molecule has 2 saturated heterocycles. The molecule has 3 atom stereocenters.